The molecule has 2 N–H and O–H groups in total. The van der Waals surface area contributed by atoms with Crippen LogP contribution < -0.4 is 10.6 Å². The van der Waals surface area contributed by atoms with Crippen LogP contribution in [0.25, 0.3) is 0 Å². The van der Waals surface area contributed by atoms with Gasteiger partial charge in [0.1, 0.15) is 9.84 Å². The van der Waals surface area contributed by atoms with E-state index in [9.17, 15) is 13.2 Å². The van der Waals surface area contributed by atoms with Crippen molar-refractivity contribution in [2.24, 2.45) is 0 Å². The minimum atomic E-state index is -2.91. The number of carbonyl (C=O) groups is 1. The summed E-state index contributed by atoms with van der Waals surface area (Å²) in [6, 6.07) is 6.01. The summed E-state index contributed by atoms with van der Waals surface area (Å²) in [6.07, 6.45) is 2.41. The van der Waals surface area contributed by atoms with E-state index in [1.807, 2.05) is 18.2 Å². The predicted octanol–water partition coefficient (Wildman–Crippen LogP) is 2.36. The number of rotatable bonds is 9. The summed E-state index contributed by atoms with van der Waals surface area (Å²) in [5.74, 6) is 0.0319. The number of nitrogens with zero attached hydrogens (tertiary/aromatic N) is 1. The van der Waals surface area contributed by atoms with Crippen molar-refractivity contribution in [1.29, 1.82) is 0 Å². The number of methoxy groups -OCH3 is 2. The molecule has 7 nitrogen and oxygen atoms in total. The van der Waals surface area contributed by atoms with Crippen molar-refractivity contribution in [2.75, 3.05) is 49.5 Å². The summed E-state index contributed by atoms with van der Waals surface area (Å²) in [5.41, 5.74) is 8.87. The maximum Gasteiger partial charge on any atom is 0.306 e. The van der Waals surface area contributed by atoms with E-state index < -0.39 is 9.84 Å². The van der Waals surface area contributed by atoms with Crippen LogP contribution in [0.15, 0.2) is 18.2 Å². The number of esters is 1. The minimum Gasteiger partial charge on any atom is -0.469 e. The third kappa shape index (κ3) is 5.85. The van der Waals surface area contributed by atoms with E-state index in [1.54, 1.807) is 7.11 Å². The molecule has 1 aliphatic heterocycles. The van der Waals surface area contributed by atoms with Crippen molar-refractivity contribution >= 4 is 27.2 Å². The fraction of sp³-hybridized carbons (Fsp3) is 0.650. The molecule has 1 aliphatic rings. The lowest BCUT2D eigenvalue weighted by Crippen LogP contribution is -2.42. The SMILES string of the molecule is CCCN(c1ccc(C(COC)CC(=O)OC)cc1N)C1CCS(=O)(=O)CC1. The predicted molar refractivity (Wildman–Crippen MR) is 111 cm³/mol. The Morgan fingerprint density at radius 1 is 1.29 bits per heavy atom. The lowest BCUT2D eigenvalue weighted by atomic mass is 9.95. The van der Waals surface area contributed by atoms with Crippen LogP contribution in [-0.2, 0) is 24.1 Å². The van der Waals surface area contributed by atoms with E-state index >= 15 is 0 Å². The summed E-state index contributed by atoms with van der Waals surface area (Å²) in [4.78, 5) is 13.9. The zero-order valence-electron chi connectivity index (χ0n) is 17.0. The van der Waals surface area contributed by atoms with Crippen LogP contribution >= 0.6 is 0 Å². The summed E-state index contributed by atoms with van der Waals surface area (Å²) in [5, 5.41) is 0. The third-order valence-corrected chi connectivity index (χ3v) is 6.99. The number of benzene rings is 1. The van der Waals surface area contributed by atoms with Gasteiger partial charge in [0.15, 0.2) is 0 Å². The fourth-order valence-electron chi connectivity index (χ4n) is 3.78. The van der Waals surface area contributed by atoms with E-state index in [-0.39, 0.29) is 35.9 Å². The average Bonchev–Trinajstić information content (AvgIpc) is 2.66. The van der Waals surface area contributed by atoms with Gasteiger partial charge >= 0.3 is 5.97 Å². The topological polar surface area (TPSA) is 98.9 Å². The highest BCUT2D eigenvalue weighted by Gasteiger charge is 2.29. The molecule has 0 saturated carbocycles. The standard InChI is InChI=1S/C20H32N2O5S/c1-4-9-22(17-7-10-28(24,25)11-8-17)19-6-5-15(12-18(19)21)16(14-26-2)13-20(23)27-3/h5-6,12,16-17H,4,7-11,13-14,21H2,1-3H3. The second-order valence-corrected chi connectivity index (χ2v) is 9.63. The molecule has 0 aromatic heterocycles. The van der Waals surface area contributed by atoms with Crippen LogP contribution in [0.5, 0.6) is 0 Å². The highest BCUT2D eigenvalue weighted by Crippen LogP contribution is 2.33. The van der Waals surface area contributed by atoms with Gasteiger partial charge in [0, 0.05) is 25.6 Å². The summed E-state index contributed by atoms with van der Waals surface area (Å²) in [6.45, 7) is 3.31. The molecule has 0 aliphatic carbocycles. The van der Waals surface area contributed by atoms with Crippen LogP contribution in [0.4, 0.5) is 11.4 Å². The van der Waals surface area contributed by atoms with Gasteiger partial charge in [0.25, 0.3) is 0 Å². The zero-order valence-corrected chi connectivity index (χ0v) is 17.8. The summed E-state index contributed by atoms with van der Waals surface area (Å²) >= 11 is 0. The lowest BCUT2D eigenvalue weighted by molar-refractivity contribution is -0.141. The second kappa shape index (κ2) is 10.1. The first-order chi connectivity index (χ1) is 13.3. The first-order valence-corrected chi connectivity index (χ1v) is 11.6. The number of hydrogen-bond donors (Lipinski definition) is 1. The highest BCUT2D eigenvalue weighted by molar-refractivity contribution is 7.91. The molecule has 0 spiro atoms. The maximum absolute atomic E-state index is 11.8. The molecular weight excluding hydrogens is 380 g/mol. The van der Waals surface area contributed by atoms with E-state index in [4.69, 9.17) is 15.2 Å². The number of anilines is 2. The van der Waals surface area contributed by atoms with E-state index in [1.165, 1.54) is 7.11 Å². The Bertz CT molecular complexity index is 752. The number of carbonyl (C=O) groups excluding carboxylic acids is 1. The molecule has 1 unspecified atom stereocenters. The van der Waals surface area contributed by atoms with Crippen molar-refractivity contribution in [3.05, 3.63) is 23.8 Å². The number of ether oxygens (including phenoxy) is 2. The Kier molecular flexibility index (Phi) is 8.12. The molecule has 0 radical (unpaired) electrons. The quantitative estimate of drug-likeness (QED) is 0.491. The maximum atomic E-state index is 11.8. The largest absolute Gasteiger partial charge is 0.469 e. The average molecular weight is 413 g/mol. The van der Waals surface area contributed by atoms with E-state index in [2.05, 4.69) is 11.8 Å². The molecule has 0 amide bonds. The molecule has 1 atom stereocenters. The summed E-state index contributed by atoms with van der Waals surface area (Å²) in [7, 11) is 0.0606. The molecule has 2 rings (SSSR count). The molecule has 8 heteroatoms. The first kappa shape index (κ1) is 22.5. The Hall–Kier alpha value is -1.80. The number of sulfone groups is 1. The van der Waals surface area contributed by atoms with Gasteiger partial charge in [-0.15, -0.1) is 0 Å². The van der Waals surface area contributed by atoms with Crippen LogP contribution in [0.2, 0.25) is 0 Å². The molecule has 28 heavy (non-hydrogen) atoms. The first-order valence-electron chi connectivity index (χ1n) is 9.73. The van der Waals surface area contributed by atoms with Gasteiger partial charge in [-0.2, -0.15) is 0 Å². The molecule has 0 bridgehead atoms. The Morgan fingerprint density at radius 3 is 2.50 bits per heavy atom. The van der Waals surface area contributed by atoms with Gasteiger partial charge < -0.3 is 20.1 Å². The van der Waals surface area contributed by atoms with Gasteiger partial charge in [-0.1, -0.05) is 13.0 Å². The van der Waals surface area contributed by atoms with Crippen LogP contribution in [-0.4, -0.2) is 59.3 Å². The molecule has 1 aromatic carbocycles. The smallest absolute Gasteiger partial charge is 0.306 e. The molecule has 158 valence electrons. The lowest BCUT2D eigenvalue weighted by Gasteiger charge is -2.37. The summed E-state index contributed by atoms with van der Waals surface area (Å²) < 4.78 is 33.6. The second-order valence-electron chi connectivity index (χ2n) is 7.33. The van der Waals surface area contributed by atoms with Crippen molar-refractivity contribution < 1.29 is 22.7 Å². The van der Waals surface area contributed by atoms with Crippen molar-refractivity contribution in [2.45, 2.75) is 44.6 Å². The van der Waals surface area contributed by atoms with Gasteiger partial charge in [0.2, 0.25) is 0 Å². The number of nitrogen functional groups attached to an aromatic ring is 1. The fourth-order valence-corrected chi connectivity index (χ4v) is 5.24. The Morgan fingerprint density at radius 2 is 1.96 bits per heavy atom. The van der Waals surface area contributed by atoms with Crippen LogP contribution in [0.1, 0.15) is 44.1 Å². The van der Waals surface area contributed by atoms with E-state index in [0.717, 1.165) is 24.2 Å². The molecule has 1 aromatic rings. The van der Waals surface area contributed by atoms with Crippen LogP contribution in [0.3, 0.4) is 0 Å². The molecular formula is C20H32N2O5S. The molecule has 1 saturated heterocycles. The Balaban J connectivity index is 2.25. The molecule has 1 heterocycles. The minimum absolute atomic E-state index is 0.131. The number of hydrogen-bond acceptors (Lipinski definition) is 7. The van der Waals surface area contributed by atoms with Crippen molar-refractivity contribution in [1.82, 2.24) is 0 Å². The van der Waals surface area contributed by atoms with Crippen LogP contribution in [0, 0.1) is 0 Å². The van der Waals surface area contributed by atoms with E-state index in [0.29, 0.717) is 25.1 Å². The Labute approximate surface area is 168 Å². The van der Waals surface area contributed by atoms with Gasteiger partial charge in [-0.25, -0.2) is 8.42 Å². The zero-order chi connectivity index (χ0) is 20.7. The number of nitrogens with two attached hydrogens (primary N) is 1. The normalized spacial score (nSPS) is 17.8. The third-order valence-electron chi connectivity index (χ3n) is 5.27. The van der Waals surface area contributed by atoms with Gasteiger partial charge in [0.05, 0.1) is 43.0 Å². The monoisotopic (exact) mass is 412 g/mol. The van der Waals surface area contributed by atoms with Gasteiger partial charge in [-0.05, 0) is 37.0 Å². The molecule has 1 fully saturated rings. The highest BCUT2D eigenvalue weighted by atomic mass is 32.2. The van der Waals surface area contributed by atoms with Crippen molar-refractivity contribution in [3.8, 4) is 0 Å². The van der Waals surface area contributed by atoms with Crippen molar-refractivity contribution in [3.63, 3.8) is 0 Å². The van der Waals surface area contributed by atoms with Gasteiger partial charge in [-0.3, -0.25) is 4.79 Å².